The van der Waals surface area contributed by atoms with Crippen molar-refractivity contribution in [3.8, 4) is 0 Å². The quantitative estimate of drug-likeness (QED) is 0.871. The first-order chi connectivity index (χ1) is 9.82. The summed E-state index contributed by atoms with van der Waals surface area (Å²) < 4.78 is 0.949. The first-order valence-corrected chi connectivity index (χ1v) is 7.65. The maximum atomic E-state index is 12.3. The van der Waals surface area contributed by atoms with Gasteiger partial charge in [0.05, 0.1) is 11.5 Å². The predicted octanol–water partition coefficient (Wildman–Crippen LogP) is 2.57. The second-order valence-electron chi connectivity index (χ2n) is 5.76. The van der Waals surface area contributed by atoms with E-state index in [1.54, 1.807) is 6.92 Å². The Morgan fingerprint density at radius 3 is 2.52 bits per heavy atom. The van der Waals surface area contributed by atoms with Gasteiger partial charge in [0, 0.05) is 23.2 Å². The number of carboxylic acid groups (broad SMARTS) is 1. The Morgan fingerprint density at radius 1 is 1.38 bits per heavy atom. The van der Waals surface area contributed by atoms with Gasteiger partial charge in [-0.15, -0.1) is 0 Å². The molecule has 1 amide bonds. The molecule has 114 valence electrons. The van der Waals surface area contributed by atoms with Crippen LogP contribution in [-0.4, -0.2) is 41.0 Å². The fourth-order valence-corrected chi connectivity index (χ4v) is 2.71. The number of rotatable bonds is 4. The lowest BCUT2D eigenvalue weighted by molar-refractivity contribution is -0.147. The molecule has 2 unspecified atom stereocenters. The van der Waals surface area contributed by atoms with Crippen molar-refractivity contribution in [2.75, 3.05) is 18.4 Å². The van der Waals surface area contributed by atoms with E-state index in [0.717, 1.165) is 10.2 Å². The van der Waals surface area contributed by atoms with E-state index in [1.807, 2.05) is 36.1 Å². The van der Waals surface area contributed by atoms with Crippen molar-refractivity contribution in [3.63, 3.8) is 0 Å². The number of anilines is 1. The maximum absolute atomic E-state index is 12.3. The van der Waals surface area contributed by atoms with Gasteiger partial charge in [0.15, 0.2) is 0 Å². The Morgan fingerprint density at radius 2 is 2.00 bits per heavy atom. The molecular formula is C15H19BrN2O3. The molecule has 1 aliphatic rings. The summed E-state index contributed by atoms with van der Waals surface area (Å²) in [4.78, 5) is 25.4. The largest absolute Gasteiger partial charge is 0.481 e. The highest BCUT2D eigenvalue weighted by Crippen LogP contribution is 2.31. The lowest BCUT2D eigenvalue weighted by Crippen LogP contribution is -2.42. The van der Waals surface area contributed by atoms with Crippen molar-refractivity contribution in [2.24, 2.45) is 5.41 Å². The minimum absolute atomic E-state index is 0.119. The summed E-state index contributed by atoms with van der Waals surface area (Å²) in [5.74, 6) is -0.919. The number of nitrogens with zero attached hydrogens (tertiary/aromatic N) is 1. The molecule has 2 rings (SSSR count). The second kappa shape index (κ2) is 6.15. The summed E-state index contributed by atoms with van der Waals surface area (Å²) in [6, 6.07) is 7.00. The average molecular weight is 355 g/mol. The first-order valence-electron chi connectivity index (χ1n) is 6.86. The smallest absolute Gasteiger partial charge is 0.310 e. The van der Waals surface area contributed by atoms with Gasteiger partial charge in [-0.2, -0.15) is 0 Å². The van der Waals surface area contributed by atoms with Crippen LogP contribution in [0.15, 0.2) is 28.7 Å². The normalized spacial score (nSPS) is 23.8. The molecule has 5 nitrogen and oxygen atoms in total. The summed E-state index contributed by atoms with van der Waals surface area (Å²) >= 11 is 3.34. The number of aliphatic carboxylic acids is 1. The number of amides is 1. The van der Waals surface area contributed by atoms with Crippen molar-refractivity contribution in [2.45, 2.75) is 26.3 Å². The lowest BCUT2D eigenvalue weighted by Gasteiger charge is -2.25. The Hall–Kier alpha value is -1.40. The van der Waals surface area contributed by atoms with Crippen LogP contribution >= 0.6 is 15.9 Å². The molecule has 1 aliphatic heterocycles. The molecule has 0 saturated carbocycles. The fraction of sp³-hybridized carbons (Fsp3) is 0.467. The highest BCUT2D eigenvalue weighted by atomic mass is 79.9. The average Bonchev–Trinajstić information content (AvgIpc) is 2.84. The van der Waals surface area contributed by atoms with Crippen molar-refractivity contribution < 1.29 is 14.7 Å². The van der Waals surface area contributed by atoms with Gasteiger partial charge in [-0.05, 0) is 44.5 Å². The third-order valence-electron chi connectivity index (χ3n) is 4.06. The standard InChI is InChI=1S/C15H19BrN2O3/c1-10(18-8-7-15(2,9-18)14(20)21)13(19)17-12-5-3-11(16)4-6-12/h3-6,10H,7-9H2,1-2H3,(H,17,19)(H,20,21). The SMILES string of the molecule is CC(C(=O)Nc1ccc(Br)cc1)N1CCC(C)(C(=O)O)C1. The van der Waals surface area contributed by atoms with E-state index in [4.69, 9.17) is 0 Å². The van der Waals surface area contributed by atoms with Crippen LogP contribution in [-0.2, 0) is 9.59 Å². The monoisotopic (exact) mass is 354 g/mol. The molecule has 0 radical (unpaired) electrons. The number of hydrogen-bond donors (Lipinski definition) is 2. The predicted molar refractivity (Wildman–Crippen MR) is 84.2 cm³/mol. The summed E-state index contributed by atoms with van der Waals surface area (Å²) in [6.45, 7) is 4.56. The van der Waals surface area contributed by atoms with Crippen LogP contribution in [0.4, 0.5) is 5.69 Å². The van der Waals surface area contributed by atoms with Crippen LogP contribution < -0.4 is 5.32 Å². The summed E-state index contributed by atoms with van der Waals surface area (Å²) in [5, 5.41) is 12.1. The van der Waals surface area contributed by atoms with Crippen molar-refractivity contribution in [3.05, 3.63) is 28.7 Å². The third-order valence-corrected chi connectivity index (χ3v) is 4.59. The Labute approximate surface area is 132 Å². The van der Waals surface area contributed by atoms with E-state index >= 15 is 0 Å². The molecule has 1 fully saturated rings. The number of carbonyl (C=O) groups excluding carboxylic acids is 1. The minimum Gasteiger partial charge on any atom is -0.481 e. The highest BCUT2D eigenvalue weighted by Gasteiger charge is 2.42. The van der Waals surface area contributed by atoms with Crippen LogP contribution in [0.3, 0.4) is 0 Å². The number of likely N-dealkylation sites (tertiary alicyclic amines) is 1. The molecule has 1 heterocycles. The molecule has 2 atom stereocenters. The highest BCUT2D eigenvalue weighted by molar-refractivity contribution is 9.10. The van der Waals surface area contributed by atoms with Gasteiger partial charge in [0.25, 0.3) is 0 Å². The van der Waals surface area contributed by atoms with Crippen LogP contribution in [0.25, 0.3) is 0 Å². The fourth-order valence-electron chi connectivity index (χ4n) is 2.45. The van der Waals surface area contributed by atoms with Gasteiger partial charge in [-0.3, -0.25) is 14.5 Å². The molecule has 2 N–H and O–H groups in total. The molecule has 0 spiro atoms. The van der Waals surface area contributed by atoms with Crippen molar-refractivity contribution in [1.82, 2.24) is 4.90 Å². The summed E-state index contributed by atoms with van der Waals surface area (Å²) in [6.07, 6.45) is 0.568. The number of nitrogens with one attached hydrogen (secondary N) is 1. The lowest BCUT2D eigenvalue weighted by atomic mass is 9.90. The van der Waals surface area contributed by atoms with Crippen LogP contribution in [0.5, 0.6) is 0 Å². The maximum Gasteiger partial charge on any atom is 0.310 e. The zero-order chi connectivity index (χ0) is 15.6. The zero-order valence-corrected chi connectivity index (χ0v) is 13.7. The number of carbonyl (C=O) groups is 2. The van der Waals surface area contributed by atoms with E-state index in [-0.39, 0.29) is 11.9 Å². The van der Waals surface area contributed by atoms with Crippen LogP contribution in [0.1, 0.15) is 20.3 Å². The zero-order valence-electron chi connectivity index (χ0n) is 12.1. The summed E-state index contributed by atoms with van der Waals surface area (Å²) in [5.41, 5.74) is -0.0261. The molecule has 0 aliphatic carbocycles. The van der Waals surface area contributed by atoms with Gasteiger partial charge < -0.3 is 10.4 Å². The van der Waals surface area contributed by atoms with E-state index in [2.05, 4.69) is 21.2 Å². The molecule has 1 aromatic carbocycles. The van der Waals surface area contributed by atoms with Crippen molar-refractivity contribution >= 4 is 33.5 Å². The third kappa shape index (κ3) is 3.63. The Kier molecular flexibility index (Phi) is 4.68. The molecule has 21 heavy (non-hydrogen) atoms. The number of halogens is 1. The topological polar surface area (TPSA) is 69.6 Å². The molecule has 0 aromatic heterocycles. The Bertz CT molecular complexity index is 546. The van der Waals surface area contributed by atoms with Crippen LogP contribution in [0.2, 0.25) is 0 Å². The minimum atomic E-state index is -0.800. The second-order valence-corrected chi connectivity index (χ2v) is 6.67. The van der Waals surface area contributed by atoms with Crippen molar-refractivity contribution in [1.29, 1.82) is 0 Å². The number of hydrogen-bond acceptors (Lipinski definition) is 3. The van der Waals surface area contributed by atoms with Gasteiger partial charge >= 0.3 is 5.97 Å². The summed E-state index contributed by atoms with van der Waals surface area (Å²) in [7, 11) is 0. The van der Waals surface area contributed by atoms with E-state index in [9.17, 15) is 14.7 Å². The van der Waals surface area contributed by atoms with E-state index in [1.165, 1.54) is 0 Å². The first kappa shape index (κ1) is 16.0. The molecule has 1 aromatic rings. The Balaban J connectivity index is 1.97. The van der Waals surface area contributed by atoms with Crippen LogP contribution in [0, 0.1) is 5.41 Å². The molecular weight excluding hydrogens is 336 g/mol. The van der Waals surface area contributed by atoms with Gasteiger partial charge in [0.2, 0.25) is 5.91 Å². The van der Waals surface area contributed by atoms with Gasteiger partial charge in [0.1, 0.15) is 0 Å². The van der Waals surface area contributed by atoms with E-state index < -0.39 is 11.4 Å². The van der Waals surface area contributed by atoms with Gasteiger partial charge in [-0.25, -0.2) is 0 Å². The van der Waals surface area contributed by atoms with Gasteiger partial charge in [-0.1, -0.05) is 15.9 Å². The number of carboxylic acids is 1. The molecule has 0 bridgehead atoms. The molecule has 1 saturated heterocycles. The number of benzene rings is 1. The molecule has 6 heteroatoms. The van der Waals surface area contributed by atoms with E-state index in [0.29, 0.717) is 19.5 Å².